The van der Waals surface area contributed by atoms with Gasteiger partial charge in [0.15, 0.2) is 0 Å². The SMILES string of the molecule is CC(C)Oc1ccc(NCC(=O)Nc2ccc(C(=O)N3CCCC3)cc2)cc1. The Balaban J connectivity index is 1.47. The van der Waals surface area contributed by atoms with E-state index < -0.39 is 0 Å². The predicted molar refractivity (Wildman–Crippen MR) is 111 cm³/mol. The van der Waals surface area contributed by atoms with Gasteiger partial charge in [-0.15, -0.1) is 0 Å². The van der Waals surface area contributed by atoms with Crippen LogP contribution < -0.4 is 15.4 Å². The number of carbonyl (C=O) groups is 2. The average Bonchev–Trinajstić information content (AvgIpc) is 3.22. The molecular weight excluding hydrogens is 354 g/mol. The molecule has 0 unspecified atom stereocenters. The molecule has 1 saturated heterocycles. The van der Waals surface area contributed by atoms with E-state index in [1.165, 1.54) is 0 Å². The van der Waals surface area contributed by atoms with Crippen LogP contribution in [0, 0.1) is 0 Å². The number of nitrogens with zero attached hydrogens (tertiary/aromatic N) is 1. The topological polar surface area (TPSA) is 70.7 Å². The zero-order chi connectivity index (χ0) is 19.9. The number of hydrogen-bond donors (Lipinski definition) is 2. The Morgan fingerprint density at radius 3 is 2.18 bits per heavy atom. The second-order valence-electron chi connectivity index (χ2n) is 7.17. The summed E-state index contributed by atoms with van der Waals surface area (Å²) in [5, 5.41) is 5.92. The van der Waals surface area contributed by atoms with Crippen molar-refractivity contribution >= 4 is 23.2 Å². The molecule has 0 spiro atoms. The molecule has 1 aliphatic heterocycles. The van der Waals surface area contributed by atoms with Crippen molar-refractivity contribution < 1.29 is 14.3 Å². The van der Waals surface area contributed by atoms with E-state index >= 15 is 0 Å². The summed E-state index contributed by atoms with van der Waals surface area (Å²) < 4.78 is 5.60. The van der Waals surface area contributed by atoms with Crippen molar-refractivity contribution in [2.45, 2.75) is 32.8 Å². The second kappa shape index (κ2) is 9.26. The summed E-state index contributed by atoms with van der Waals surface area (Å²) in [6.45, 7) is 5.76. The van der Waals surface area contributed by atoms with Crippen LogP contribution >= 0.6 is 0 Å². The fraction of sp³-hybridized carbons (Fsp3) is 0.364. The highest BCUT2D eigenvalue weighted by Gasteiger charge is 2.19. The normalized spacial score (nSPS) is 13.5. The summed E-state index contributed by atoms with van der Waals surface area (Å²) in [6, 6.07) is 14.5. The first-order chi connectivity index (χ1) is 13.5. The molecule has 0 saturated carbocycles. The first-order valence-electron chi connectivity index (χ1n) is 9.71. The van der Waals surface area contributed by atoms with Crippen LogP contribution in [0.3, 0.4) is 0 Å². The number of carbonyl (C=O) groups excluding carboxylic acids is 2. The summed E-state index contributed by atoms with van der Waals surface area (Å²) in [4.78, 5) is 26.4. The van der Waals surface area contributed by atoms with Crippen molar-refractivity contribution in [3.8, 4) is 5.75 Å². The molecule has 2 N–H and O–H groups in total. The fourth-order valence-electron chi connectivity index (χ4n) is 3.11. The third-order valence-electron chi connectivity index (χ3n) is 4.49. The summed E-state index contributed by atoms with van der Waals surface area (Å²) in [5.41, 5.74) is 2.17. The first kappa shape index (κ1) is 19.7. The highest BCUT2D eigenvalue weighted by molar-refractivity contribution is 5.96. The van der Waals surface area contributed by atoms with Crippen LogP contribution in [0.5, 0.6) is 5.75 Å². The van der Waals surface area contributed by atoms with Gasteiger partial charge in [-0.25, -0.2) is 0 Å². The van der Waals surface area contributed by atoms with Gasteiger partial charge in [0, 0.05) is 30.0 Å². The van der Waals surface area contributed by atoms with E-state index in [0.29, 0.717) is 11.3 Å². The van der Waals surface area contributed by atoms with Crippen molar-refractivity contribution in [2.75, 3.05) is 30.3 Å². The fourth-order valence-corrected chi connectivity index (χ4v) is 3.11. The number of rotatable bonds is 7. The Labute approximate surface area is 165 Å². The molecule has 3 rings (SSSR count). The smallest absolute Gasteiger partial charge is 0.253 e. The minimum absolute atomic E-state index is 0.0573. The average molecular weight is 381 g/mol. The first-order valence-corrected chi connectivity index (χ1v) is 9.71. The minimum Gasteiger partial charge on any atom is -0.491 e. The van der Waals surface area contributed by atoms with Gasteiger partial charge in [-0.05, 0) is 75.2 Å². The van der Waals surface area contributed by atoms with E-state index in [1.807, 2.05) is 43.0 Å². The molecule has 2 amide bonds. The van der Waals surface area contributed by atoms with Gasteiger partial charge in [0.1, 0.15) is 5.75 Å². The zero-order valence-corrected chi connectivity index (χ0v) is 16.4. The van der Waals surface area contributed by atoms with Gasteiger partial charge in [-0.2, -0.15) is 0 Å². The summed E-state index contributed by atoms with van der Waals surface area (Å²) >= 11 is 0. The Hall–Kier alpha value is -3.02. The second-order valence-corrected chi connectivity index (χ2v) is 7.17. The minimum atomic E-state index is -0.152. The number of ether oxygens (including phenoxy) is 1. The van der Waals surface area contributed by atoms with Gasteiger partial charge in [0.25, 0.3) is 5.91 Å². The van der Waals surface area contributed by atoms with Crippen molar-refractivity contribution in [2.24, 2.45) is 0 Å². The molecule has 6 nitrogen and oxygen atoms in total. The zero-order valence-electron chi connectivity index (χ0n) is 16.4. The summed E-state index contributed by atoms with van der Waals surface area (Å²) in [5.74, 6) is 0.705. The molecule has 1 heterocycles. The van der Waals surface area contributed by atoms with Crippen LogP contribution in [0.2, 0.25) is 0 Å². The van der Waals surface area contributed by atoms with Gasteiger partial charge in [-0.1, -0.05) is 0 Å². The Bertz CT molecular complexity index is 795. The molecule has 0 aromatic heterocycles. The molecule has 1 fully saturated rings. The van der Waals surface area contributed by atoms with Gasteiger partial charge in [-0.3, -0.25) is 9.59 Å². The molecule has 2 aromatic rings. The predicted octanol–water partition coefficient (Wildman–Crippen LogP) is 3.76. The lowest BCUT2D eigenvalue weighted by Crippen LogP contribution is -2.27. The van der Waals surface area contributed by atoms with Gasteiger partial charge in [0.2, 0.25) is 5.91 Å². The molecule has 1 aliphatic rings. The van der Waals surface area contributed by atoms with E-state index in [9.17, 15) is 9.59 Å². The maximum atomic E-state index is 12.3. The maximum Gasteiger partial charge on any atom is 0.253 e. The molecule has 2 aromatic carbocycles. The van der Waals surface area contributed by atoms with E-state index in [1.54, 1.807) is 24.3 Å². The number of anilines is 2. The van der Waals surface area contributed by atoms with Crippen molar-refractivity contribution in [1.82, 2.24) is 4.90 Å². The highest BCUT2D eigenvalue weighted by atomic mass is 16.5. The van der Waals surface area contributed by atoms with Crippen LogP contribution in [-0.4, -0.2) is 42.5 Å². The van der Waals surface area contributed by atoms with Crippen molar-refractivity contribution in [3.05, 3.63) is 54.1 Å². The lowest BCUT2D eigenvalue weighted by molar-refractivity contribution is -0.114. The summed E-state index contributed by atoms with van der Waals surface area (Å²) in [6.07, 6.45) is 2.27. The van der Waals surface area contributed by atoms with Gasteiger partial charge >= 0.3 is 0 Å². The van der Waals surface area contributed by atoms with Crippen LogP contribution in [0.4, 0.5) is 11.4 Å². The number of likely N-dealkylation sites (tertiary alicyclic amines) is 1. The van der Waals surface area contributed by atoms with Crippen LogP contribution in [0.1, 0.15) is 37.0 Å². The molecule has 6 heteroatoms. The Kier molecular flexibility index (Phi) is 6.53. The molecule has 0 radical (unpaired) electrons. The van der Waals surface area contributed by atoms with Crippen LogP contribution in [0.25, 0.3) is 0 Å². The highest BCUT2D eigenvalue weighted by Crippen LogP contribution is 2.17. The molecule has 0 aliphatic carbocycles. The lowest BCUT2D eigenvalue weighted by atomic mass is 10.2. The molecule has 148 valence electrons. The number of hydrogen-bond acceptors (Lipinski definition) is 4. The van der Waals surface area contributed by atoms with Crippen LogP contribution in [0.15, 0.2) is 48.5 Å². The monoisotopic (exact) mass is 381 g/mol. The Morgan fingerprint density at radius 2 is 1.57 bits per heavy atom. The van der Waals surface area contributed by atoms with E-state index in [0.717, 1.165) is 37.4 Å². The summed E-state index contributed by atoms with van der Waals surface area (Å²) in [7, 11) is 0. The number of nitrogens with one attached hydrogen (secondary N) is 2. The quantitative estimate of drug-likeness (QED) is 0.766. The molecular formula is C22H27N3O3. The lowest BCUT2D eigenvalue weighted by Gasteiger charge is -2.15. The maximum absolute atomic E-state index is 12.3. The third kappa shape index (κ3) is 5.49. The Morgan fingerprint density at radius 1 is 0.964 bits per heavy atom. The van der Waals surface area contributed by atoms with Crippen LogP contribution in [-0.2, 0) is 4.79 Å². The van der Waals surface area contributed by atoms with E-state index in [-0.39, 0.29) is 24.5 Å². The van der Waals surface area contributed by atoms with Crippen molar-refractivity contribution in [3.63, 3.8) is 0 Å². The molecule has 0 bridgehead atoms. The van der Waals surface area contributed by atoms with E-state index in [2.05, 4.69) is 10.6 Å². The van der Waals surface area contributed by atoms with E-state index in [4.69, 9.17) is 4.74 Å². The standard InChI is InChI=1S/C22H27N3O3/c1-16(2)28-20-11-9-18(10-12-20)23-15-21(26)24-19-7-5-17(6-8-19)22(27)25-13-3-4-14-25/h5-12,16,23H,3-4,13-15H2,1-2H3,(H,24,26). The van der Waals surface area contributed by atoms with Gasteiger partial charge in [0.05, 0.1) is 12.6 Å². The molecule has 0 atom stereocenters. The number of benzene rings is 2. The molecule has 28 heavy (non-hydrogen) atoms. The number of amides is 2. The third-order valence-corrected chi connectivity index (χ3v) is 4.49. The largest absolute Gasteiger partial charge is 0.491 e. The van der Waals surface area contributed by atoms with Crippen molar-refractivity contribution in [1.29, 1.82) is 0 Å². The van der Waals surface area contributed by atoms with Gasteiger partial charge < -0.3 is 20.3 Å².